The van der Waals surface area contributed by atoms with Crippen molar-refractivity contribution in [3.05, 3.63) is 12.2 Å². The molecule has 3 N–H and O–H groups in total. The van der Waals surface area contributed by atoms with Crippen molar-refractivity contribution in [3.8, 4) is 0 Å². The molecule has 0 aliphatic rings. The number of hydrogen-bond acceptors (Lipinski definition) is 2. The Morgan fingerprint density at radius 2 is 2.00 bits per heavy atom. The molecule has 0 aromatic carbocycles. The number of hydrogen-bond donors (Lipinski definition) is 2. The van der Waals surface area contributed by atoms with E-state index in [0.717, 1.165) is 6.42 Å². The lowest BCUT2D eigenvalue weighted by atomic mass is 10.4. The molecule has 0 rings (SSSR count). The largest absolute Gasteiger partial charge is 0.396 e. The zero-order valence-electron chi connectivity index (χ0n) is 4.71. The highest BCUT2D eigenvalue weighted by Gasteiger charge is 1.68. The van der Waals surface area contributed by atoms with Crippen molar-refractivity contribution in [2.75, 3.05) is 13.2 Å². The molecular formula is C5H12ClNO. The molecule has 0 bridgehead atoms. The van der Waals surface area contributed by atoms with Crippen LogP contribution in [-0.2, 0) is 0 Å². The molecule has 0 fully saturated rings. The topological polar surface area (TPSA) is 46.2 Å². The minimum Gasteiger partial charge on any atom is -0.396 e. The summed E-state index contributed by atoms with van der Waals surface area (Å²) in [7, 11) is 0. The van der Waals surface area contributed by atoms with Gasteiger partial charge in [-0.2, -0.15) is 0 Å². The van der Waals surface area contributed by atoms with Crippen molar-refractivity contribution in [1.29, 1.82) is 0 Å². The van der Waals surface area contributed by atoms with Gasteiger partial charge in [0.1, 0.15) is 0 Å². The Morgan fingerprint density at radius 3 is 2.38 bits per heavy atom. The van der Waals surface area contributed by atoms with Crippen LogP contribution in [0.5, 0.6) is 0 Å². The maximum atomic E-state index is 8.20. The van der Waals surface area contributed by atoms with Crippen LogP contribution in [0.15, 0.2) is 12.2 Å². The van der Waals surface area contributed by atoms with E-state index in [2.05, 4.69) is 0 Å². The number of aliphatic hydroxyl groups is 1. The molecule has 50 valence electrons. The molecule has 0 unspecified atom stereocenters. The molecule has 0 aliphatic carbocycles. The molecule has 0 atom stereocenters. The molecule has 0 heterocycles. The second-order valence-corrected chi connectivity index (χ2v) is 1.22. The lowest BCUT2D eigenvalue weighted by molar-refractivity contribution is 0.302. The van der Waals surface area contributed by atoms with Crippen LogP contribution in [0, 0.1) is 0 Å². The van der Waals surface area contributed by atoms with Crippen molar-refractivity contribution < 1.29 is 5.11 Å². The maximum absolute atomic E-state index is 8.20. The third kappa shape index (κ3) is 9.34. The zero-order valence-corrected chi connectivity index (χ0v) is 5.53. The van der Waals surface area contributed by atoms with Gasteiger partial charge in [0.15, 0.2) is 0 Å². The first-order chi connectivity index (χ1) is 3.41. The van der Waals surface area contributed by atoms with Crippen LogP contribution in [-0.4, -0.2) is 18.3 Å². The average Bonchev–Trinajstić information content (AvgIpc) is 1.69. The van der Waals surface area contributed by atoms with Gasteiger partial charge in [-0.25, -0.2) is 0 Å². The molecule has 0 amide bonds. The summed E-state index contributed by atoms with van der Waals surface area (Å²) in [5.41, 5.74) is 5.10. The number of halogens is 1. The summed E-state index contributed by atoms with van der Waals surface area (Å²) in [5, 5.41) is 8.20. The fourth-order valence-corrected chi connectivity index (χ4v) is 0.289. The Labute approximate surface area is 55.8 Å². The monoisotopic (exact) mass is 137 g/mol. The molecule has 8 heavy (non-hydrogen) atoms. The smallest absolute Gasteiger partial charge is 0.0465 e. The van der Waals surface area contributed by atoms with Gasteiger partial charge in [0.05, 0.1) is 0 Å². The van der Waals surface area contributed by atoms with Crippen molar-refractivity contribution >= 4 is 12.4 Å². The van der Waals surface area contributed by atoms with E-state index < -0.39 is 0 Å². The van der Waals surface area contributed by atoms with Crippen molar-refractivity contribution in [1.82, 2.24) is 0 Å². The minimum atomic E-state index is 0. The summed E-state index contributed by atoms with van der Waals surface area (Å²) < 4.78 is 0. The van der Waals surface area contributed by atoms with Gasteiger partial charge in [-0.1, -0.05) is 12.2 Å². The highest BCUT2D eigenvalue weighted by molar-refractivity contribution is 5.85. The molecule has 0 saturated carbocycles. The summed E-state index contributed by atoms with van der Waals surface area (Å²) in [6, 6.07) is 0. The quantitative estimate of drug-likeness (QED) is 0.550. The molecule has 0 saturated heterocycles. The predicted octanol–water partition coefficient (Wildman–Crippen LogP) is 0.305. The Bertz CT molecular complexity index is 56.4. The van der Waals surface area contributed by atoms with E-state index in [9.17, 15) is 0 Å². The molecular weight excluding hydrogens is 126 g/mol. The van der Waals surface area contributed by atoms with Crippen LogP contribution in [0.25, 0.3) is 0 Å². The second kappa shape index (κ2) is 10.0. The Kier molecular flexibility index (Phi) is 13.6. The van der Waals surface area contributed by atoms with Gasteiger partial charge in [0.2, 0.25) is 0 Å². The first-order valence-corrected chi connectivity index (χ1v) is 2.37. The molecule has 0 radical (unpaired) electrons. The lowest BCUT2D eigenvalue weighted by Gasteiger charge is -1.80. The Balaban J connectivity index is 0. The number of rotatable bonds is 3. The first kappa shape index (κ1) is 10.8. The van der Waals surface area contributed by atoms with Gasteiger partial charge < -0.3 is 10.8 Å². The SMILES string of the molecule is Cl.NCC=CCCO. The summed E-state index contributed by atoms with van der Waals surface area (Å²) in [5.74, 6) is 0. The molecule has 0 aromatic rings. The fourth-order valence-electron chi connectivity index (χ4n) is 0.289. The average molecular weight is 138 g/mol. The van der Waals surface area contributed by atoms with E-state index in [0.29, 0.717) is 6.54 Å². The van der Waals surface area contributed by atoms with Crippen LogP contribution < -0.4 is 5.73 Å². The van der Waals surface area contributed by atoms with E-state index in [4.69, 9.17) is 10.8 Å². The van der Waals surface area contributed by atoms with E-state index in [1.807, 2.05) is 12.2 Å². The molecule has 0 spiro atoms. The summed E-state index contributed by atoms with van der Waals surface area (Å²) in [6.07, 6.45) is 4.41. The molecule has 0 aliphatic heterocycles. The van der Waals surface area contributed by atoms with Crippen LogP contribution in [0.2, 0.25) is 0 Å². The molecule has 0 aromatic heterocycles. The minimum absolute atomic E-state index is 0. The number of nitrogens with two attached hydrogens (primary N) is 1. The molecule has 2 nitrogen and oxygen atoms in total. The summed E-state index contributed by atoms with van der Waals surface area (Å²) in [4.78, 5) is 0. The van der Waals surface area contributed by atoms with E-state index in [-0.39, 0.29) is 19.0 Å². The first-order valence-electron chi connectivity index (χ1n) is 2.37. The highest BCUT2D eigenvalue weighted by Crippen LogP contribution is 1.75. The standard InChI is InChI=1S/C5H11NO.ClH/c6-4-2-1-3-5-7;/h1-2,7H,3-6H2;1H. The van der Waals surface area contributed by atoms with Crippen LogP contribution >= 0.6 is 12.4 Å². The Morgan fingerprint density at radius 1 is 1.38 bits per heavy atom. The lowest BCUT2D eigenvalue weighted by Crippen LogP contribution is -1.92. The van der Waals surface area contributed by atoms with Crippen LogP contribution in [0.3, 0.4) is 0 Å². The van der Waals surface area contributed by atoms with Gasteiger partial charge in [-0.15, -0.1) is 12.4 Å². The van der Waals surface area contributed by atoms with Gasteiger partial charge >= 0.3 is 0 Å². The van der Waals surface area contributed by atoms with Gasteiger partial charge in [-0.05, 0) is 6.42 Å². The predicted molar refractivity (Wildman–Crippen MR) is 37.1 cm³/mol. The van der Waals surface area contributed by atoms with Crippen molar-refractivity contribution in [2.24, 2.45) is 5.73 Å². The third-order valence-corrected chi connectivity index (χ3v) is 0.599. The molecule has 3 heteroatoms. The van der Waals surface area contributed by atoms with Crippen LogP contribution in [0.1, 0.15) is 6.42 Å². The summed E-state index contributed by atoms with van der Waals surface area (Å²) in [6.45, 7) is 0.788. The van der Waals surface area contributed by atoms with Gasteiger partial charge in [-0.3, -0.25) is 0 Å². The van der Waals surface area contributed by atoms with Crippen molar-refractivity contribution in [2.45, 2.75) is 6.42 Å². The van der Waals surface area contributed by atoms with Crippen molar-refractivity contribution in [3.63, 3.8) is 0 Å². The fraction of sp³-hybridized carbons (Fsp3) is 0.600. The van der Waals surface area contributed by atoms with E-state index in [1.54, 1.807) is 0 Å². The highest BCUT2D eigenvalue weighted by atomic mass is 35.5. The normalized spacial score (nSPS) is 9.25. The number of aliphatic hydroxyl groups excluding tert-OH is 1. The Hall–Kier alpha value is -0.0500. The second-order valence-electron chi connectivity index (χ2n) is 1.22. The van der Waals surface area contributed by atoms with E-state index in [1.165, 1.54) is 0 Å². The van der Waals surface area contributed by atoms with Gasteiger partial charge in [0, 0.05) is 13.2 Å². The third-order valence-electron chi connectivity index (χ3n) is 0.599. The van der Waals surface area contributed by atoms with Gasteiger partial charge in [0.25, 0.3) is 0 Å². The zero-order chi connectivity index (χ0) is 5.54. The van der Waals surface area contributed by atoms with Crippen LogP contribution in [0.4, 0.5) is 0 Å². The maximum Gasteiger partial charge on any atom is 0.0465 e. The van der Waals surface area contributed by atoms with E-state index >= 15 is 0 Å². The summed E-state index contributed by atoms with van der Waals surface area (Å²) >= 11 is 0.